The third-order valence-electron chi connectivity index (χ3n) is 7.96. The van der Waals surface area contributed by atoms with E-state index < -0.39 is 54.1 Å². The highest BCUT2D eigenvalue weighted by molar-refractivity contribution is 6.38. The predicted octanol–water partition coefficient (Wildman–Crippen LogP) is 2.42. The van der Waals surface area contributed by atoms with Gasteiger partial charge in [-0.2, -0.15) is 0 Å². The quantitative estimate of drug-likeness (QED) is 0.107. The molecule has 0 radical (unpaired) electrons. The summed E-state index contributed by atoms with van der Waals surface area (Å²) in [4.78, 5) is 77.0. The van der Waals surface area contributed by atoms with Crippen molar-refractivity contribution in [1.82, 2.24) is 21.3 Å². The number of benzene rings is 4. The Balaban J connectivity index is 1.41. The molecule has 6 N–H and O–H groups in total. The van der Waals surface area contributed by atoms with Gasteiger partial charge in [-0.25, -0.2) is 0 Å². The number of hydrogen-bond donors (Lipinski definition) is 5. The van der Waals surface area contributed by atoms with Gasteiger partial charge in [0.25, 0.3) is 5.91 Å². The molecular formula is C39H41N5O6. The van der Waals surface area contributed by atoms with Crippen molar-refractivity contribution in [3.8, 4) is 11.1 Å². The highest BCUT2D eigenvalue weighted by atomic mass is 16.2. The van der Waals surface area contributed by atoms with Crippen LogP contribution >= 0.6 is 0 Å². The van der Waals surface area contributed by atoms with Crippen molar-refractivity contribution in [1.29, 1.82) is 0 Å². The largest absolute Gasteiger partial charge is 0.368 e. The minimum Gasteiger partial charge on any atom is -0.368 e. The van der Waals surface area contributed by atoms with Crippen LogP contribution in [0.25, 0.3) is 11.1 Å². The van der Waals surface area contributed by atoms with Crippen LogP contribution in [-0.4, -0.2) is 60.0 Å². The van der Waals surface area contributed by atoms with Crippen LogP contribution in [-0.2, 0) is 48.0 Å². The van der Waals surface area contributed by atoms with Crippen molar-refractivity contribution in [2.24, 2.45) is 5.73 Å². The van der Waals surface area contributed by atoms with Crippen LogP contribution in [0, 0.1) is 0 Å². The van der Waals surface area contributed by atoms with E-state index in [-0.39, 0.29) is 25.2 Å². The Hall–Kier alpha value is -6.10. The number of nitrogens with two attached hydrogens (primary N) is 1. The first-order valence-electron chi connectivity index (χ1n) is 16.3. The molecule has 4 rings (SSSR count). The molecule has 11 nitrogen and oxygen atoms in total. The fraction of sp³-hybridized carbons (Fsp3) is 0.231. The van der Waals surface area contributed by atoms with E-state index >= 15 is 0 Å². The summed E-state index contributed by atoms with van der Waals surface area (Å²) < 4.78 is 0. The maximum absolute atomic E-state index is 13.4. The topological polar surface area (TPSA) is 177 Å². The van der Waals surface area contributed by atoms with Crippen molar-refractivity contribution in [2.45, 2.75) is 50.7 Å². The molecule has 4 aromatic carbocycles. The Morgan fingerprint density at radius 2 is 1.16 bits per heavy atom. The van der Waals surface area contributed by atoms with E-state index in [1.807, 2.05) is 91.0 Å². The van der Waals surface area contributed by atoms with Gasteiger partial charge in [-0.1, -0.05) is 115 Å². The van der Waals surface area contributed by atoms with Crippen molar-refractivity contribution in [3.05, 3.63) is 132 Å². The Morgan fingerprint density at radius 1 is 0.600 bits per heavy atom. The molecule has 0 heterocycles. The molecule has 3 atom stereocenters. The Kier molecular flexibility index (Phi) is 13.6. The van der Waals surface area contributed by atoms with Crippen LogP contribution in [0.1, 0.15) is 30.0 Å². The molecule has 0 bridgehead atoms. The molecule has 0 saturated carbocycles. The summed E-state index contributed by atoms with van der Waals surface area (Å²) in [5.74, 6) is -4.60. The van der Waals surface area contributed by atoms with E-state index in [2.05, 4.69) is 21.3 Å². The highest BCUT2D eigenvalue weighted by Crippen LogP contribution is 2.20. The van der Waals surface area contributed by atoms with E-state index in [1.54, 1.807) is 24.3 Å². The smallest absolute Gasteiger partial charge is 0.290 e. The summed E-state index contributed by atoms with van der Waals surface area (Å²) in [7, 11) is 0. The number of Topliss-reactive ketones (excluding diaryl/α,β-unsaturated/α-hetero) is 1. The standard InChI is InChI=1S/C39H41N5O6/c1-26(42-38(49)32(22-19-27-11-5-2-6-12-27)43-35(46)24-28-13-7-3-8-14-28)36(47)39(50)44-33(37(48)41-25-34(40)45)23-29-17-20-31(21-18-29)30-15-9-4-10-16-30/h2-18,20-21,26,32-33H,19,22-25H2,1H3,(H2,40,45)(H,41,48)(H,42,49)(H,43,46)(H,44,50)/t26?,32-,33-/m0/s1. The molecule has 0 fully saturated rings. The third-order valence-corrected chi connectivity index (χ3v) is 7.96. The van der Waals surface area contributed by atoms with Crippen molar-refractivity contribution in [3.63, 3.8) is 0 Å². The minimum absolute atomic E-state index is 0.00836. The van der Waals surface area contributed by atoms with E-state index in [0.29, 0.717) is 12.0 Å². The number of carbonyl (C=O) groups is 6. The lowest BCUT2D eigenvalue weighted by atomic mass is 10.00. The zero-order valence-corrected chi connectivity index (χ0v) is 27.8. The Morgan fingerprint density at radius 3 is 1.76 bits per heavy atom. The molecule has 258 valence electrons. The molecule has 4 aromatic rings. The lowest BCUT2D eigenvalue weighted by molar-refractivity contribution is -0.141. The number of hydrogen-bond acceptors (Lipinski definition) is 6. The molecule has 0 saturated heterocycles. The summed E-state index contributed by atoms with van der Waals surface area (Å²) in [6.45, 7) is 0.892. The van der Waals surface area contributed by atoms with Gasteiger partial charge in [0.15, 0.2) is 0 Å². The number of amides is 5. The van der Waals surface area contributed by atoms with Gasteiger partial charge < -0.3 is 27.0 Å². The molecule has 50 heavy (non-hydrogen) atoms. The van der Waals surface area contributed by atoms with Crippen LogP contribution in [0.3, 0.4) is 0 Å². The SMILES string of the molecule is CC(NC(=O)[C@H](CCc1ccccc1)NC(=O)Cc1ccccc1)C(=O)C(=O)N[C@@H](Cc1ccc(-c2ccccc2)cc1)C(=O)NCC(N)=O. The molecule has 5 amide bonds. The Labute approximate surface area is 291 Å². The molecule has 0 aliphatic heterocycles. The third kappa shape index (κ3) is 11.6. The maximum atomic E-state index is 13.4. The summed E-state index contributed by atoms with van der Waals surface area (Å²) in [5.41, 5.74) is 9.56. The van der Waals surface area contributed by atoms with Gasteiger partial charge in [0.1, 0.15) is 12.1 Å². The van der Waals surface area contributed by atoms with Gasteiger partial charge in [-0.3, -0.25) is 28.8 Å². The van der Waals surface area contributed by atoms with Gasteiger partial charge >= 0.3 is 0 Å². The molecule has 0 aliphatic rings. The predicted molar refractivity (Wildman–Crippen MR) is 189 cm³/mol. The normalized spacial score (nSPS) is 12.4. The number of rotatable bonds is 17. The van der Waals surface area contributed by atoms with Gasteiger partial charge in [0.05, 0.1) is 19.0 Å². The van der Waals surface area contributed by atoms with Crippen molar-refractivity contribution in [2.75, 3.05) is 6.54 Å². The molecule has 0 aromatic heterocycles. The van der Waals surface area contributed by atoms with Crippen molar-refractivity contribution < 1.29 is 28.8 Å². The zero-order valence-electron chi connectivity index (χ0n) is 27.8. The van der Waals surface area contributed by atoms with Gasteiger partial charge in [0, 0.05) is 6.42 Å². The van der Waals surface area contributed by atoms with Crippen LogP contribution in [0.15, 0.2) is 115 Å². The minimum atomic E-state index is -1.28. The van der Waals surface area contributed by atoms with Crippen LogP contribution in [0.2, 0.25) is 0 Å². The Bertz CT molecular complexity index is 1770. The van der Waals surface area contributed by atoms with Crippen LogP contribution < -0.4 is 27.0 Å². The summed E-state index contributed by atoms with van der Waals surface area (Å²) in [6, 6.07) is 32.0. The summed E-state index contributed by atoms with van der Waals surface area (Å²) in [5, 5.41) is 10.1. The molecule has 0 aliphatic carbocycles. The zero-order chi connectivity index (χ0) is 35.9. The number of nitrogens with one attached hydrogen (secondary N) is 4. The summed E-state index contributed by atoms with van der Waals surface area (Å²) >= 11 is 0. The number of primary amides is 1. The molecule has 0 spiro atoms. The van der Waals surface area contributed by atoms with E-state index in [1.165, 1.54) is 6.92 Å². The molecule has 1 unspecified atom stereocenters. The molecule has 11 heteroatoms. The van der Waals surface area contributed by atoms with E-state index in [9.17, 15) is 28.8 Å². The first kappa shape index (κ1) is 36.7. The monoisotopic (exact) mass is 675 g/mol. The van der Waals surface area contributed by atoms with Gasteiger partial charge in [-0.15, -0.1) is 0 Å². The van der Waals surface area contributed by atoms with Crippen LogP contribution in [0.4, 0.5) is 0 Å². The van der Waals surface area contributed by atoms with Gasteiger partial charge in [0.2, 0.25) is 29.4 Å². The first-order valence-corrected chi connectivity index (χ1v) is 16.3. The van der Waals surface area contributed by atoms with Gasteiger partial charge in [-0.05, 0) is 47.6 Å². The second-order valence-electron chi connectivity index (χ2n) is 11.9. The van der Waals surface area contributed by atoms with E-state index in [0.717, 1.165) is 22.3 Å². The van der Waals surface area contributed by atoms with Crippen LogP contribution in [0.5, 0.6) is 0 Å². The maximum Gasteiger partial charge on any atom is 0.290 e. The fourth-order valence-corrected chi connectivity index (χ4v) is 5.26. The second-order valence-corrected chi connectivity index (χ2v) is 11.9. The lowest BCUT2D eigenvalue weighted by Crippen LogP contribution is -2.56. The molecular weight excluding hydrogens is 634 g/mol. The lowest BCUT2D eigenvalue weighted by Gasteiger charge is -2.22. The second kappa shape index (κ2) is 18.4. The number of carbonyl (C=O) groups excluding carboxylic acids is 6. The first-order chi connectivity index (χ1) is 24.1. The highest BCUT2D eigenvalue weighted by Gasteiger charge is 2.30. The number of aryl methyl sites for hydroxylation is 1. The summed E-state index contributed by atoms with van der Waals surface area (Å²) in [6.07, 6.45) is 0.784. The fourth-order valence-electron chi connectivity index (χ4n) is 5.26. The average molecular weight is 676 g/mol. The van der Waals surface area contributed by atoms with Crippen molar-refractivity contribution >= 4 is 35.3 Å². The van der Waals surface area contributed by atoms with E-state index in [4.69, 9.17) is 5.73 Å². The average Bonchev–Trinajstić information content (AvgIpc) is 3.13. The number of ketones is 1.